The molecule has 0 N–H and O–H groups in total. The Morgan fingerprint density at radius 2 is 2.25 bits per heavy atom. The molecule has 0 spiro atoms. The minimum Gasteiger partial charge on any atom is -0.190 e. The normalized spacial score (nSPS) is 9.25. The fraction of sp³-hybridized carbons (Fsp3) is 0. The Morgan fingerprint density at radius 1 is 1.50 bits per heavy atom. The van der Waals surface area contributed by atoms with Crippen LogP contribution in [-0.4, -0.2) is 4.98 Å². The molecule has 0 saturated heterocycles. The van der Waals surface area contributed by atoms with Crippen molar-refractivity contribution in [1.29, 1.82) is 0 Å². The van der Waals surface area contributed by atoms with Crippen molar-refractivity contribution in [3.63, 3.8) is 0 Å². The molecule has 1 heterocycles. The predicted octanol–water partition coefficient (Wildman–Crippen LogP) is 1.16. The van der Waals surface area contributed by atoms with Gasteiger partial charge in [0.2, 0.25) is 11.9 Å². The Kier molecular flexibility index (Phi) is 1.20. The van der Waals surface area contributed by atoms with Gasteiger partial charge in [0.25, 0.3) is 0 Å². The molecular formula is C5H2F2N. The molecule has 3 heteroatoms. The van der Waals surface area contributed by atoms with Crippen LogP contribution in [-0.2, 0) is 0 Å². The molecule has 1 rings (SSSR count). The van der Waals surface area contributed by atoms with Crippen LogP contribution in [0.4, 0.5) is 8.78 Å². The molecule has 0 amide bonds. The van der Waals surface area contributed by atoms with E-state index in [9.17, 15) is 8.78 Å². The fourth-order valence-corrected chi connectivity index (χ4v) is 0.343. The second kappa shape index (κ2) is 1.86. The summed E-state index contributed by atoms with van der Waals surface area (Å²) in [6.07, 6.45) is 0. The van der Waals surface area contributed by atoms with Gasteiger partial charge in [-0.2, -0.15) is 13.8 Å². The van der Waals surface area contributed by atoms with Gasteiger partial charge in [0.15, 0.2) is 0 Å². The van der Waals surface area contributed by atoms with Crippen molar-refractivity contribution < 1.29 is 8.78 Å². The van der Waals surface area contributed by atoms with Crippen molar-refractivity contribution in [3.05, 3.63) is 30.1 Å². The number of pyridine rings is 1. The minimum absolute atomic E-state index is 0.818. The highest BCUT2D eigenvalue weighted by molar-refractivity contribution is 4.91. The van der Waals surface area contributed by atoms with Gasteiger partial charge in [-0.05, 0) is 12.1 Å². The molecule has 1 aromatic rings. The fourth-order valence-electron chi connectivity index (χ4n) is 0.343. The monoisotopic (exact) mass is 114 g/mol. The third-order valence-corrected chi connectivity index (χ3v) is 0.628. The Balaban J connectivity index is 3.08. The zero-order chi connectivity index (χ0) is 5.98. The van der Waals surface area contributed by atoms with Gasteiger partial charge < -0.3 is 0 Å². The number of rotatable bonds is 0. The van der Waals surface area contributed by atoms with E-state index < -0.39 is 11.9 Å². The molecule has 0 aliphatic rings. The second-order valence-corrected chi connectivity index (χ2v) is 1.20. The first-order valence-electron chi connectivity index (χ1n) is 1.99. The minimum atomic E-state index is -0.912. The highest BCUT2D eigenvalue weighted by Crippen LogP contribution is 1.92. The third kappa shape index (κ3) is 0.992. The molecule has 1 aromatic heterocycles. The lowest BCUT2D eigenvalue weighted by Crippen LogP contribution is -1.84. The quantitative estimate of drug-likeness (QED) is 0.461. The Morgan fingerprint density at radius 3 is 2.62 bits per heavy atom. The maximum atomic E-state index is 11.8. The lowest BCUT2D eigenvalue weighted by molar-refractivity contribution is 0.511. The summed E-state index contributed by atoms with van der Waals surface area (Å²) in [5, 5.41) is 0. The lowest BCUT2D eigenvalue weighted by Gasteiger charge is -1.82. The number of aromatic nitrogens is 1. The SMILES string of the molecule is Fc1[c]ccc(F)n1. The van der Waals surface area contributed by atoms with E-state index in [1.165, 1.54) is 0 Å². The van der Waals surface area contributed by atoms with Gasteiger partial charge in [0, 0.05) is 6.07 Å². The van der Waals surface area contributed by atoms with Crippen LogP contribution >= 0.6 is 0 Å². The summed E-state index contributed by atoms with van der Waals surface area (Å²) < 4.78 is 23.6. The lowest BCUT2D eigenvalue weighted by atomic mass is 10.5. The summed E-state index contributed by atoms with van der Waals surface area (Å²) in [5.41, 5.74) is 0. The van der Waals surface area contributed by atoms with Crippen LogP contribution in [0.1, 0.15) is 0 Å². The molecule has 1 nitrogen and oxygen atoms in total. The first-order valence-corrected chi connectivity index (χ1v) is 1.99. The van der Waals surface area contributed by atoms with Crippen LogP contribution in [0.15, 0.2) is 12.1 Å². The zero-order valence-electron chi connectivity index (χ0n) is 3.86. The van der Waals surface area contributed by atoms with E-state index >= 15 is 0 Å². The zero-order valence-corrected chi connectivity index (χ0v) is 3.86. The van der Waals surface area contributed by atoms with E-state index in [0.717, 1.165) is 12.1 Å². The summed E-state index contributed by atoms with van der Waals surface area (Å²) in [7, 11) is 0. The standard InChI is InChI=1S/C5H2F2N/c6-4-2-1-3-5(7)8-4/h1-2H. The van der Waals surface area contributed by atoms with E-state index in [1.54, 1.807) is 0 Å². The summed E-state index contributed by atoms with van der Waals surface area (Å²) in [5.74, 6) is -1.73. The van der Waals surface area contributed by atoms with Gasteiger partial charge in [-0.3, -0.25) is 0 Å². The molecule has 41 valence electrons. The van der Waals surface area contributed by atoms with Crippen LogP contribution in [0.5, 0.6) is 0 Å². The number of halogens is 2. The van der Waals surface area contributed by atoms with Crippen LogP contribution in [0.25, 0.3) is 0 Å². The molecule has 0 aliphatic carbocycles. The van der Waals surface area contributed by atoms with Crippen molar-refractivity contribution in [2.45, 2.75) is 0 Å². The van der Waals surface area contributed by atoms with E-state index in [1.807, 2.05) is 0 Å². The van der Waals surface area contributed by atoms with Crippen LogP contribution in [0.2, 0.25) is 0 Å². The molecule has 8 heavy (non-hydrogen) atoms. The maximum Gasteiger partial charge on any atom is 0.223 e. The molecule has 0 aliphatic heterocycles. The summed E-state index contributed by atoms with van der Waals surface area (Å²) in [4.78, 5) is 2.78. The molecule has 1 radical (unpaired) electrons. The van der Waals surface area contributed by atoms with Crippen molar-refractivity contribution >= 4 is 0 Å². The highest BCUT2D eigenvalue weighted by atomic mass is 19.1. The average molecular weight is 114 g/mol. The predicted molar refractivity (Wildman–Crippen MR) is 23.0 cm³/mol. The number of hydrogen-bond acceptors (Lipinski definition) is 1. The third-order valence-electron chi connectivity index (χ3n) is 0.628. The van der Waals surface area contributed by atoms with E-state index in [0.29, 0.717) is 0 Å². The molecular weight excluding hydrogens is 112 g/mol. The van der Waals surface area contributed by atoms with Gasteiger partial charge in [-0.15, -0.1) is 0 Å². The second-order valence-electron chi connectivity index (χ2n) is 1.20. The molecule has 0 unspecified atom stereocenters. The molecule has 0 saturated carbocycles. The first kappa shape index (κ1) is 5.15. The highest BCUT2D eigenvalue weighted by Gasteiger charge is 1.90. The van der Waals surface area contributed by atoms with E-state index in [-0.39, 0.29) is 0 Å². The average Bonchev–Trinajstić information content (AvgIpc) is 1.64. The van der Waals surface area contributed by atoms with Crippen molar-refractivity contribution in [1.82, 2.24) is 4.98 Å². The Labute approximate surface area is 45.0 Å². The molecule has 0 aromatic carbocycles. The van der Waals surface area contributed by atoms with Gasteiger partial charge in [-0.25, -0.2) is 0 Å². The summed E-state index contributed by atoms with van der Waals surface area (Å²) in [6, 6.07) is 4.22. The molecule has 0 bridgehead atoms. The summed E-state index contributed by atoms with van der Waals surface area (Å²) >= 11 is 0. The van der Waals surface area contributed by atoms with Crippen molar-refractivity contribution in [3.8, 4) is 0 Å². The van der Waals surface area contributed by atoms with Gasteiger partial charge in [0.1, 0.15) is 0 Å². The van der Waals surface area contributed by atoms with Gasteiger partial charge in [0.05, 0.1) is 0 Å². The smallest absolute Gasteiger partial charge is 0.190 e. The summed E-state index contributed by atoms with van der Waals surface area (Å²) in [6.45, 7) is 0. The Bertz CT molecular complexity index is 170. The van der Waals surface area contributed by atoms with Crippen molar-refractivity contribution in [2.24, 2.45) is 0 Å². The van der Waals surface area contributed by atoms with Gasteiger partial charge >= 0.3 is 0 Å². The van der Waals surface area contributed by atoms with Crippen LogP contribution in [0, 0.1) is 18.0 Å². The largest absolute Gasteiger partial charge is 0.223 e. The molecule has 0 fully saturated rings. The van der Waals surface area contributed by atoms with Crippen LogP contribution in [0.3, 0.4) is 0 Å². The topological polar surface area (TPSA) is 12.9 Å². The van der Waals surface area contributed by atoms with Crippen LogP contribution < -0.4 is 0 Å². The maximum absolute atomic E-state index is 11.8. The van der Waals surface area contributed by atoms with E-state index in [4.69, 9.17) is 0 Å². The first-order chi connectivity index (χ1) is 3.79. The number of hydrogen-bond donors (Lipinski definition) is 0. The van der Waals surface area contributed by atoms with E-state index in [2.05, 4.69) is 11.1 Å². The molecule has 0 atom stereocenters. The Hall–Kier alpha value is -0.990. The van der Waals surface area contributed by atoms with Gasteiger partial charge in [-0.1, -0.05) is 0 Å². The van der Waals surface area contributed by atoms with Crippen molar-refractivity contribution in [2.75, 3.05) is 0 Å². The number of nitrogens with zero attached hydrogens (tertiary/aromatic N) is 1.